The second kappa shape index (κ2) is 6.52. The van der Waals surface area contributed by atoms with Crippen molar-refractivity contribution in [2.75, 3.05) is 19.7 Å². The number of aliphatic hydroxyl groups excluding tert-OH is 1. The maximum atomic E-state index is 12.6. The molecule has 1 spiro atoms. The third-order valence-corrected chi connectivity index (χ3v) is 6.29. The van der Waals surface area contributed by atoms with Crippen LogP contribution in [-0.4, -0.2) is 57.1 Å². The van der Waals surface area contributed by atoms with Crippen LogP contribution in [0.2, 0.25) is 0 Å². The van der Waals surface area contributed by atoms with E-state index in [1.807, 2.05) is 41.6 Å². The minimum Gasteiger partial charge on any atom is -0.394 e. The molecule has 3 heterocycles. The highest BCUT2D eigenvalue weighted by Crippen LogP contribution is 2.54. The zero-order valence-electron chi connectivity index (χ0n) is 14.3. The Kier molecular flexibility index (Phi) is 4.35. The number of rotatable bonds is 5. The van der Waals surface area contributed by atoms with E-state index in [1.54, 1.807) is 11.3 Å². The number of likely N-dealkylation sites (tertiary alicyclic amines) is 2. The molecule has 1 amide bonds. The Morgan fingerprint density at radius 2 is 2.12 bits per heavy atom. The molecule has 1 N–H and O–H groups in total. The van der Waals surface area contributed by atoms with Crippen molar-refractivity contribution >= 4 is 17.2 Å². The van der Waals surface area contributed by atoms with Crippen LogP contribution in [0.4, 0.5) is 0 Å². The topological polar surface area (TPSA) is 56.7 Å². The fourth-order valence-corrected chi connectivity index (χ4v) is 5.26. The van der Waals surface area contributed by atoms with Crippen molar-refractivity contribution in [1.82, 2.24) is 14.8 Å². The van der Waals surface area contributed by atoms with Crippen molar-refractivity contribution in [3.63, 3.8) is 0 Å². The van der Waals surface area contributed by atoms with E-state index in [0.29, 0.717) is 6.42 Å². The maximum absolute atomic E-state index is 12.6. The highest BCUT2D eigenvalue weighted by atomic mass is 32.1. The summed E-state index contributed by atoms with van der Waals surface area (Å²) in [5, 5.41) is 13.0. The molecule has 2 fully saturated rings. The molecule has 6 heteroatoms. The molecule has 132 valence electrons. The summed E-state index contributed by atoms with van der Waals surface area (Å²) in [4.78, 5) is 21.2. The second-order valence-electron chi connectivity index (χ2n) is 6.93. The normalized spacial score (nSPS) is 24.8. The van der Waals surface area contributed by atoms with Crippen molar-refractivity contribution in [3.05, 3.63) is 52.5 Å². The predicted molar refractivity (Wildman–Crippen MR) is 97.3 cm³/mol. The molecule has 0 unspecified atom stereocenters. The van der Waals surface area contributed by atoms with Crippen molar-refractivity contribution in [2.45, 2.75) is 37.4 Å². The summed E-state index contributed by atoms with van der Waals surface area (Å²) >= 11 is 1.67. The first-order valence-electron chi connectivity index (χ1n) is 8.78. The lowest BCUT2D eigenvalue weighted by atomic mass is 9.60. The summed E-state index contributed by atoms with van der Waals surface area (Å²) in [5.41, 5.74) is 1.04. The smallest absolute Gasteiger partial charge is 0.223 e. The zero-order valence-corrected chi connectivity index (χ0v) is 15.2. The SMILES string of the molecule is CCC(=O)N1[C@H](CO)[C@@H](c2ccccc2)C12CN(Cc1nccs1)C2. The zero-order chi connectivity index (χ0) is 17.4. The predicted octanol–water partition coefficient (Wildman–Crippen LogP) is 2.09. The number of aliphatic hydroxyl groups is 1. The van der Waals surface area contributed by atoms with Crippen LogP contribution in [0.15, 0.2) is 41.9 Å². The Morgan fingerprint density at radius 3 is 2.72 bits per heavy atom. The van der Waals surface area contributed by atoms with Crippen LogP contribution in [0.25, 0.3) is 0 Å². The third kappa shape index (κ3) is 2.60. The first-order valence-corrected chi connectivity index (χ1v) is 9.66. The molecular weight excluding hydrogens is 334 g/mol. The summed E-state index contributed by atoms with van der Waals surface area (Å²) in [6, 6.07) is 10.2. The molecule has 0 bridgehead atoms. The van der Waals surface area contributed by atoms with Crippen LogP contribution in [0, 0.1) is 0 Å². The number of amides is 1. The van der Waals surface area contributed by atoms with Gasteiger partial charge in [-0.15, -0.1) is 11.3 Å². The third-order valence-electron chi connectivity index (χ3n) is 5.53. The molecule has 1 aromatic heterocycles. The molecule has 2 aromatic rings. The molecule has 25 heavy (non-hydrogen) atoms. The van der Waals surface area contributed by atoms with Crippen molar-refractivity contribution in [2.24, 2.45) is 0 Å². The van der Waals surface area contributed by atoms with Gasteiger partial charge in [0.1, 0.15) is 5.01 Å². The van der Waals surface area contributed by atoms with Gasteiger partial charge >= 0.3 is 0 Å². The number of aromatic nitrogens is 1. The molecule has 2 saturated heterocycles. The summed E-state index contributed by atoms with van der Waals surface area (Å²) in [5.74, 6) is 0.335. The summed E-state index contributed by atoms with van der Waals surface area (Å²) < 4.78 is 0. The molecule has 0 radical (unpaired) electrons. The highest BCUT2D eigenvalue weighted by molar-refractivity contribution is 7.09. The molecule has 0 aliphatic carbocycles. The van der Waals surface area contributed by atoms with Crippen LogP contribution >= 0.6 is 11.3 Å². The Bertz CT molecular complexity index is 728. The molecular formula is C19H23N3O2S. The van der Waals surface area contributed by atoms with Crippen LogP contribution in [0.1, 0.15) is 29.8 Å². The Labute approximate surface area is 151 Å². The lowest BCUT2D eigenvalue weighted by Crippen LogP contribution is -2.85. The molecule has 5 nitrogen and oxygen atoms in total. The standard InChI is InChI=1S/C19H23N3O2S/c1-2-17(24)22-15(11-23)18(14-6-4-3-5-7-14)19(22)12-21(13-19)10-16-20-8-9-25-16/h3-9,15,18,23H,2,10-13H2,1H3/t15-,18-/m1/s1. The van der Waals surface area contributed by atoms with Gasteiger partial charge in [0.05, 0.1) is 24.7 Å². The molecule has 4 rings (SSSR count). The van der Waals surface area contributed by atoms with Crippen molar-refractivity contribution in [3.8, 4) is 0 Å². The van der Waals surface area contributed by atoms with Gasteiger partial charge in [0.25, 0.3) is 0 Å². The Balaban J connectivity index is 1.59. The quantitative estimate of drug-likeness (QED) is 0.890. The van der Waals surface area contributed by atoms with Gasteiger partial charge in [-0.1, -0.05) is 37.3 Å². The number of nitrogens with zero attached hydrogens (tertiary/aromatic N) is 3. The molecule has 2 atom stereocenters. The largest absolute Gasteiger partial charge is 0.394 e. The fraction of sp³-hybridized carbons (Fsp3) is 0.474. The van der Waals surface area contributed by atoms with E-state index < -0.39 is 0 Å². The number of hydrogen-bond acceptors (Lipinski definition) is 5. The van der Waals surface area contributed by atoms with Crippen LogP contribution in [-0.2, 0) is 11.3 Å². The number of hydrogen-bond donors (Lipinski definition) is 1. The van der Waals surface area contributed by atoms with E-state index in [0.717, 1.165) is 24.6 Å². The molecule has 2 aliphatic rings. The highest BCUT2D eigenvalue weighted by Gasteiger charge is 2.66. The first kappa shape index (κ1) is 16.7. The minimum absolute atomic E-state index is 0.0134. The van der Waals surface area contributed by atoms with Gasteiger partial charge in [0.2, 0.25) is 5.91 Å². The van der Waals surface area contributed by atoms with Gasteiger partial charge in [0.15, 0.2) is 0 Å². The number of carbonyl (C=O) groups excluding carboxylic acids is 1. The van der Waals surface area contributed by atoms with Crippen molar-refractivity contribution in [1.29, 1.82) is 0 Å². The van der Waals surface area contributed by atoms with E-state index in [2.05, 4.69) is 22.0 Å². The van der Waals surface area contributed by atoms with Gasteiger partial charge in [-0.25, -0.2) is 4.98 Å². The van der Waals surface area contributed by atoms with Gasteiger partial charge in [-0.3, -0.25) is 9.69 Å². The lowest BCUT2D eigenvalue weighted by Gasteiger charge is -2.70. The summed E-state index contributed by atoms with van der Waals surface area (Å²) in [6.45, 7) is 4.42. The van der Waals surface area contributed by atoms with E-state index in [4.69, 9.17) is 0 Å². The number of carbonyl (C=O) groups is 1. The van der Waals surface area contributed by atoms with E-state index in [-0.39, 0.29) is 30.0 Å². The Hall–Kier alpha value is -1.76. The number of thiazole rings is 1. The van der Waals surface area contributed by atoms with E-state index in [9.17, 15) is 9.90 Å². The second-order valence-corrected chi connectivity index (χ2v) is 7.91. The van der Waals surface area contributed by atoms with Gasteiger partial charge in [-0.2, -0.15) is 0 Å². The van der Waals surface area contributed by atoms with Crippen LogP contribution < -0.4 is 0 Å². The Morgan fingerprint density at radius 1 is 1.36 bits per heavy atom. The lowest BCUT2D eigenvalue weighted by molar-refractivity contribution is -0.201. The van der Waals surface area contributed by atoms with E-state index >= 15 is 0 Å². The maximum Gasteiger partial charge on any atom is 0.223 e. The van der Waals surface area contributed by atoms with E-state index in [1.165, 1.54) is 5.56 Å². The molecule has 1 aromatic carbocycles. The average Bonchev–Trinajstić information content (AvgIpc) is 3.10. The average molecular weight is 357 g/mol. The first-order chi connectivity index (χ1) is 12.2. The monoisotopic (exact) mass is 357 g/mol. The van der Waals surface area contributed by atoms with Gasteiger partial charge in [-0.05, 0) is 5.56 Å². The number of benzene rings is 1. The summed E-state index contributed by atoms with van der Waals surface area (Å²) in [6.07, 6.45) is 2.31. The fourth-order valence-electron chi connectivity index (χ4n) is 4.60. The van der Waals surface area contributed by atoms with Gasteiger partial charge < -0.3 is 10.0 Å². The van der Waals surface area contributed by atoms with Crippen molar-refractivity contribution < 1.29 is 9.90 Å². The van der Waals surface area contributed by atoms with Crippen LogP contribution in [0.3, 0.4) is 0 Å². The molecule has 2 aliphatic heterocycles. The minimum atomic E-state index is -0.181. The summed E-state index contributed by atoms with van der Waals surface area (Å²) in [7, 11) is 0. The van der Waals surface area contributed by atoms with Crippen LogP contribution in [0.5, 0.6) is 0 Å². The molecule has 0 saturated carbocycles. The van der Waals surface area contributed by atoms with Gasteiger partial charge in [0, 0.05) is 37.0 Å².